The number of rotatable bonds is 19. The number of aromatic nitrogens is 2. The molecule has 5 nitrogen and oxygen atoms in total. The molecule has 0 fully saturated rings. The van der Waals surface area contributed by atoms with E-state index in [1.165, 1.54) is 44.1 Å². The van der Waals surface area contributed by atoms with Gasteiger partial charge in [0.15, 0.2) is 11.6 Å². The van der Waals surface area contributed by atoms with Crippen molar-refractivity contribution >= 4 is 5.97 Å². The minimum absolute atomic E-state index is 0.237. The van der Waals surface area contributed by atoms with Gasteiger partial charge in [-0.1, -0.05) is 75.9 Å². The van der Waals surface area contributed by atoms with Crippen LogP contribution in [0.1, 0.15) is 96.5 Å². The van der Waals surface area contributed by atoms with Gasteiger partial charge in [-0.2, -0.15) is 0 Å². The molecule has 1 aromatic carbocycles. The summed E-state index contributed by atoms with van der Waals surface area (Å²) in [4.78, 5) is 20.8. The van der Waals surface area contributed by atoms with Crippen molar-refractivity contribution in [2.75, 3.05) is 13.2 Å². The maximum Gasteiger partial charge on any atom is 0.311 e. The monoisotopic (exact) mass is 480 g/mol. The van der Waals surface area contributed by atoms with E-state index >= 15 is 0 Å². The Kier molecular flexibility index (Phi) is 15.4. The van der Waals surface area contributed by atoms with E-state index in [0.717, 1.165) is 57.3 Å². The van der Waals surface area contributed by atoms with E-state index < -0.39 is 0 Å². The quantitative estimate of drug-likeness (QED) is 0.116. The molecule has 2 rings (SSSR count). The number of carbonyl (C=O) groups is 1. The molecule has 0 aliphatic carbocycles. The largest absolute Gasteiger partial charge is 0.423 e. The van der Waals surface area contributed by atoms with Gasteiger partial charge in [-0.25, -0.2) is 9.97 Å². The second-order valence-corrected chi connectivity index (χ2v) is 9.05. The lowest BCUT2D eigenvalue weighted by Crippen LogP contribution is -2.08. The molecule has 1 aromatic heterocycles. The summed E-state index contributed by atoms with van der Waals surface area (Å²) in [5, 5.41) is 0. The zero-order valence-corrected chi connectivity index (χ0v) is 21.8. The highest BCUT2D eigenvalue weighted by molar-refractivity contribution is 5.72. The van der Waals surface area contributed by atoms with E-state index in [1.807, 2.05) is 0 Å². The molecule has 2 aromatic rings. The second kappa shape index (κ2) is 18.8. The molecule has 0 aliphatic rings. The van der Waals surface area contributed by atoms with E-state index in [0.29, 0.717) is 18.0 Å². The Morgan fingerprint density at radius 3 is 2.23 bits per heavy atom. The number of hydrogen-bond acceptors (Lipinski definition) is 5. The van der Waals surface area contributed by atoms with Gasteiger partial charge in [-0.15, -0.1) is 0 Å². The third-order valence-electron chi connectivity index (χ3n) is 5.82. The van der Waals surface area contributed by atoms with Crippen LogP contribution >= 0.6 is 0 Å². The molecule has 1 heterocycles. The van der Waals surface area contributed by atoms with Gasteiger partial charge >= 0.3 is 5.97 Å². The van der Waals surface area contributed by atoms with Crippen molar-refractivity contribution in [3.05, 3.63) is 54.4 Å². The van der Waals surface area contributed by atoms with Gasteiger partial charge in [-0.3, -0.25) is 4.79 Å². The Morgan fingerprint density at radius 2 is 1.51 bits per heavy atom. The number of esters is 1. The molecule has 0 amide bonds. The zero-order valence-electron chi connectivity index (χ0n) is 21.8. The molecular weight excluding hydrogens is 436 g/mol. The number of allylic oxidation sites excluding steroid dienone is 2. The first-order valence-corrected chi connectivity index (χ1v) is 13.6. The third kappa shape index (κ3) is 13.2. The average Bonchev–Trinajstić information content (AvgIpc) is 2.88. The SMILES string of the molecule is CCCCCCC=CCCCC(=O)Oc1cnc(-c2ccc(CCCCCOCCC)cc2)nc1. The number of unbranched alkanes of at least 4 members (excludes halogenated alkanes) is 7. The first-order chi connectivity index (χ1) is 17.2. The molecule has 0 atom stereocenters. The van der Waals surface area contributed by atoms with Crippen molar-refractivity contribution in [3.63, 3.8) is 0 Å². The molecule has 0 unspecified atom stereocenters. The van der Waals surface area contributed by atoms with Crippen molar-refractivity contribution in [2.24, 2.45) is 0 Å². The van der Waals surface area contributed by atoms with Gasteiger partial charge in [-0.05, 0) is 56.9 Å². The van der Waals surface area contributed by atoms with Crippen LogP contribution in [0.2, 0.25) is 0 Å². The first kappa shape index (κ1) is 28.7. The van der Waals surface area contributed by atoms with Crippen molar-refractivity contribution < 1.29 is 14.3 Å². The van der Waals surface area contributed by atoms with E-state index in [9.17, 15) is 4.79 Å². The summed E-state index contributed by atoms with van der Waals surface area (Å²) in [7, 11) is 0. The van der Waals surface area contributed by atoms with Gasteiger partial charge in [0.2, 0.25) is 0 Å². The van der Waals surface area contributed by atoms with Gasteiger partial charge < -0.3 is 9.47 Å². The molecule has 35 heavy (non-hydrogen) atoms. The summed E-state index contributed by atoms with van der Waals surface area (Å²) in [5.74, 6) is 0.789. The van der Waals surface area contributed by atoms with Crippen molar-refractivity contribution in [1.29, 1.82) is 0 Å². The minimum Gasteiger partial charge on any atom is -0.423 e. The zero-order chi connectivity index (χ0) is 25.0. The van der Waals surface area contributed by atoms with Crippen LogP contribution in [0, 0.1) is 0 Å². The van der Waals surface area contributed by atoms with Crippen molar-refractivity contribution in [1.82, 2.24) is 9.97 Å². The molecule has 0 bridgehead atoms. The Labute approximate surface area is 212 Å². The lowest BCUT2D eigenvalue weighted by atomic mass is 10.0. The highest BCUT2D eigenvalue weighted by Crippen LogP contribution is 2.19. The van der Waals surface area contributed by atoms with Crippen LogP contribution in [0.3, 0.4) is 0 Å². The standard InChI is InChI=1S/C30H44N2O3/c1-3-5-6-7-8-9-10-11-14-17-29(33)35-28-24-31-30(32-25-28)27-20-18-26(19-21-27)16-13-12-15-23-34-22-4-2/h9-10,18-21,24-25H,3-8,11-17,22-23H2,1-2H3. The third-order valence-corrected chi connectivity index (χ3v) is 5.82. The van der Waals surface area contributed by atoms with Crippen LogP contribution in [0.4, 0.5) is 0 Å². The lowest BCUT2D eigenvalue weighted by molar-refractivity contribution is -0.134. The summed E-state index contributed by atoms with van der Waals surface area (Å²) >= 11 is 0. The minimum atomic E-state index is -0.237. The maximum absolute atomic E-state index is 12.1. The molecule has 0 spiro atoms. The maximum atomic E-state index is 12.1. The van der Waals surface area contributed by atoms with Gasteiger partial charge in [0.05, 0.1) is 12.4 Å². The fraction of sp³-hybridized carbons (Fsp3) is 0.567. The highest BCUT2D eigenvalue weighted by Gasteiger charge is 2.07. The van der Waals surface area contributed by atoms with Crippen LogP contribution in [-0.4, -0.2) is 29.2 Å². The lowest BCUT2D eigenvalue weighted by Gasteiger charge is -2.06. The molecule has 5 heteroatoms. The first-order valence-electron chi connectivity index (χ1n) is 13.6. The van der Waals surface area contributed by atoms with Crippen LogP contribution < -0.4 is 4.74 Å². The summed E-state index contributed by atoms with van der Waals surface area (Å²) in [6, 6.07) is 8.38. The average molecular weight is 481 g/mol. The Hall–Kier alpha value is -2.53. The summed E-state index contributed by atoms with van der Waals surface area (Å²) in [5.41, 5.74) is 2.28. The van der Waals surface area contributed by atoms with Crippen LogP contribution in [0.15, 0.2) is 48.8 Å². The molecule has 0 aliphatic heterocycles. The second-order valence-electron chi connectivity index (χ2n) is 9.05. The normalized spacial score (nSPS) is 11.3. The molecule has 0 saturated carbocycles. The number of carbonyl (C=O) groups excluding carboxylic acids is 1. The van der Waals surface area contributed by atoms with E-state index in [4.69, 9.17) is 9.47 Å². The van der Waals surface area contributed by atoms with E-state index in [1.54, 1.807) is 12.4 Å². The fourth-order valence-corrected chi connectivity index (χ4v) is 3.77. The molecule has 0 N–H and O–H groups in total. The van der Waals surface area contributed by atoms with Crippen molar-refractivity contribution in [2.45, 2.75) is 97.3 Å². The molecule has 0 radical (unpaired) electrons. The predicted molar refractivity (Wildman–Crippen MR) is 144 cm³/mol. The van der Waals surface area contributed by atoms with Gasteiger partial charge in [0.25, 0.3) is 0 Å². The van der Waals surface area contributed by atoms with E-state index in [-0.39, 0.29) is 5.97 Å². The van der Waals surface area contributed by atoms with Gasteiger partial charge in [0, 0.05) is 25.2 Å². The number of ether oxygens (including phenoxy) is 2. The number of benzene rings is 1. The van der Waals surface area contributed by atoms with Crippen molar-refractivity contribution in [3.8, 4) is 17.1 Å². The Bertz CT molecular complexity index is 832. The smallest absolute Gasteiger partial charge is 0.311 e. The molecular formula is C30H44N2O3. The van der Waals surface area contributed by atoms with Crippen LogP contribution in [-0.2, 0) is 16.0 Å². The van der Waals surface area contributed by atoms with Crippen LogP contribution in [0.5, 0.6) is 5.75 Å². The molecule has 192 valence electrons. The molecule has 0 saturated heterocycles. The number of aryl methyl sites for hydroxylation is 1. The highest BCUT2D eigenvalue weighted by atomic mass is 16.5. The van der Waals surface area contributed by atoms with E-state index in [2.05, 4.69) is 60.2 Å². The number of hydrogen-bond donors (Lipinski definition) is 0. The Balaban J connectivity index is 1.64. The van der Waals surface area contributed by atoms with Crippen LogP contribution in [0.25, 0.3) is 11.4 Å². The Morgan fingerprint density at radius 1 is 0.800 bits per heavy atom. The summed E-state index contributed by atoms with van der Waals surface area (Å²) in [6.45, 7) is 6.09. The predicted octanol–water partition coefficient (Wildman–Crippen LogP) is 7.89. The topological polar surface area (TPSA) is 61.3 Å². The number of nitrogens with zero attached hydrogens (tertiary/aromatic N) is 2. The summed E-state index contributed by atoms with van der Waals surface area (Å²) < 4.78 is 10.9. The fourth-order valence-electron chi connectivity index (χ4n) is 3.77. The van der Waals surface area contributed by atoms with Gasteiger partial charge in [0.1, 0.15) is 0 Å². The summed E-state index contributed by atoms with van der Waals surface area (Å²) in [6.07, 6.45) is 21.5.